The van der Waals surface area contributed by atoms with Crippen molar-refractivity contribution >= 4 is 30.7 Å². The van der Waals surface area contributed by atoms with Crippen molar-refractivity contribution in [3.05, 3.63) is 30.1 Å². The number of nitrogens with one attached hydrogen (secondary N) is 1. The third kappa shape index (κ3) is 5.67. The molecule has 104 valence electrons. The summed E-state index contributed by atoms with van der Waals surface area (Å²) in [6, 6.07) is 3.25. The minimum Gasteiger partial charge on any atom is -0.348 e. The number of halogens is 2. The molecule has 0 saturated heterocycles. The summed E-state index contributed by atoms with van der Waals surface area (Å²) in [4.78, 5) is 15.7. The Morgan fingerprint density at radius 2 is 1.94 bits per heavy atom. The Bertz CT molecular complexity index is 346. The molecule has 1 aromatic heterocycles. The Morgan fingerprint density at radius 3 is 2.39 bits per heavy atom. The van der Waals surface area contributed by atoms with E-state index in [-0.39, 0.29) is 42.7 Å². The predicted octanol–water partition coefficient (Wildman–Crippen LogP) is 2.09. The summed E-state index contributed by atoms with van der Waals surface area (Å²) in [7, 11) is 0. The molecule has 1 rings (SSSR count). The van der Waals surface area contributed by atoms with Gasteiger partial charge in [-0.2, -0.15) is 0 Å². The normalized spacial score (nSPS) is 12.9. The number of pyridine rings is 1. The average Bonchev–Trinajstić information content (AvgIpc) is 2.28. The first-order valence-electron chi connectivity index (χ1n) is 5.48. The standard InChI is InChI=1S/C12H19N3O.2ClH/c1-8(2)11(13)12(16)15-9(3)10-5-4-6-14-7-10;;/h4-9,11H,13H2,1-3H3,(H,15,16);2*1H/t9-,11+;;/m0../s1. The second-order valence-electron chi connectivity index (χ2n) is 4.29. The molecule has 4 nitrogen and oxygen atoms in total. The Hall–Kier alpha value is -0.840. The van der Waals surface area contributed by atoms with Gasteiger partial charge in [0.25, 0.3) is 0 Å². The smallest absolute Gasteiger partial charge is 0.237 e. The largest absolute Gasteiger partial charge is 0.348 e. The summed E-state index contributed by atoms with van der Waals surface area (Å²) in [6.07, 6.45) is 3.45. The Balaban J connectivity index is 0. The van der Waals surface area contributed by atoms with Crippen molar-refractivity contribution in [3.8, 4) is 0 Å². The second-order valence-corrected chi connectivity index (χ2v) is 4.29. The SMILES string of the molecule is CC(C)[C@@H](N)C(=O)N[C@@H](C)c1cccnc1.Cl.Cl. The van der Waals surface area contributed by atoms with Crippen LogP contribution in [0.2, 0.25) is 0 Å². The summed E-state index contributed by atoms with van der Waals surface area (Å²) >= 11 is 0. The van der Waals surface area contributed by atoms with Crippen LogP contribution >= 0.6 is 24.8 Å². The molecule has 0 fully saturated rings. The number of hydrogen-bond donors (Lipinski definition) is 2. The molecule has 0 unspecified atom stereocenters. The van der Waals surface area contributed by atoms with Crippen LogP contribution < -0.4 is 11.1 Å². The number of rotatable bonds is 4. The zero-order chi connectivity index (χ0) is 12.1. The summed E-state index contributed by atoms with van der Waals surface area (Å²) in [5.74, 6) is 0.0208. The monoisotopic (exact) mass is 293 g/mol. The van der Waals surface area contributed by atoms with Crippen LogP contribution in [-0.2, 0) is 4.79 Å². The van der Waals surface area contributed by atoms with Gasteiger partial charge in [-0.05, 0) is 24.5 Å². The summed E-state index contributed by atoms with van der Waals surface area (Å²) in [6.45, 7) is 5.78. The van der Waals surface area contributed by atoms with E-state index in [1.807, 2.05) is 32.9 Å². The van der Waals surface area contributed by atoms with E-state index in [2.05, 4.69) is 10.3 Å². The van der Waals surface area contributed by atoms with Gasteiger partial charge in [-0.15, -0.1) is 24.8 Å². The van der Waals surface area contributed by atoms with Crippen LogP contribution in [0.15, 0.2) is 24.5 Å². The molecule has 0 aliphatic carbocycles. The number of aromatic nitrogens is 1. The lowest BCUT2D eigenvalue weighted by atomic mass is 10.0. The van der Waals surface area contributed by atoms with E-state index < -0.39 is 6.04 Å². The minimum absolute atomic E-state index is 0. The summed E-state index contributed by atoms with van der Waals surface area (Å²) < 4.78 is 0. The Morgan fingerprint density at radius 1 is 1.33 bits per heavy atom. The number of amides is 1. The molecule has 0 spiro atoms. The maximum Gasteiger partial charge on any atom is 0.237 e. The van der Waals surface area contributed by atoms with Gasteiger partial charge in [-0.25, -0.2) is 0 Å². The van der Waals surface area contributed by atoms with Crippen LogP contribution in [0.3, 0.4) is 0 Å². The highest BCUT2D eigenvalue weighted by Gasteiger charge is 2.19. The molecule has 18 heavy (non-hydrogen) atoms. The first kappa shape index (κ1) is 19.5. The number of hydrogen-bond acceptors (Lipinski definition) is 3. The lowest BCUT2D eigenvalue weighted by Crippen LogP contribution is -2.44. The van der Waals surface area contributed by atoms with Crippen LogP contribution in [-0.4, -0.2) is 16.9 Å². The van der Waals surface area contributed by atoms with Gasteiger partial charge in [0.1, 0.15) is 0 Å². The third-order valence-corrected chi connectivity index (χ3v) is 2.56. The van der Waals surface area contributed by atoms with Crippen molar-refractivity contribution in [2.75, 3.05) is 0 Å². The molecule has 3 N–H and O–H groups in total. The lowest BCUT2D eigenvalue weighted by molar-refractivity contribution is -0.123. The van der Waals surface area contributed by atoms with E-state index >= 15 is 0 Å². The van der Waals surface area contributed by atoms with E-state index in [9.17, 15) is 4.79 Å². The van der Waals surface area contributed by atoms with E-state index in [0.717, 1.165) is 5.56 Å². The first-order chi connectivity index (χ1) is 7.52. The zero-order valence-electron chi connectivity index (χ0n) is 10.8. The van der Waals surface area contributed by atoms with E-state index in [1.54, 1.807) is 12.4 Å². The molecule has 0 aliphatic heterocycles. The molecule has 0 saturated carbocycles. The van der Waals surface area contributed by atoms with Gasteiger partial charge in [0.15, 0.2) is 0 Å². The van der Waals surface area contributed by atoms with Crippen molar-refractivity contribution < 1.29 is 4.79 Å². The molecule has 6 heteroatoms. The van der Waals surface area contributed by atoms with Crippen molar-refractivity contribution in [2.24, 2.45) is 11.7 Å². The van der Waals surface area contributed by atoms with Crippen molar-refractivity contribution in [2.45, 2.75) is 32.9 Å². The fraction of sp³-hybridized carbons (Fsp3) is 0.500. The van der Waals surface area contributed by atoms with Gasteiger partial charge >= 0.3 is 0 Å². The molecule has 0 radical (unpaired) electrons. The van der Waals surface area contributed by atoms with E-state index in [4.69, 9.17) is 5.73 Å². The number of carbonyl (C=O) groups is 1. The van der Waals surface area contributed by atoms with Crippen LogP contribution in [0.25, 0.3) is 0 Å². The van der Waals surface area contributed by atoms with Crippen molar-refractivity contribution in [1.29, 1.82) is 0 Å². The Labute approximate surface area is 121 Å². The summed E-state index contributed by atoms with van der Waals surface area (Å²) in [5, 5.41) is 2.87. The number of carbonyl (C=O) groups excluding carboxylic acids is 1. The molecule has 0 bridgehead atoms. The highest BCUT2D eigenvalue weighted by molar-refractivity contribution is 5.85. The van der Waals surface area contributed by atoms with Crippen LogP contribution in [0, 0.1) is 5.92 Å². The predicted molar refractivity (Wildman–Crippen MR) is 78.1 cm³/mol. The number of nitrogens with two attached hydrogens (primary N) is 1. The molecule has 0 aliphatic rings. The van der Waals surface area contributed by atoms with E-state index in [0.29, 0.717) is 0 Å². The molecular weight excluding hydrogens is 273 g/mol. The molecular formula is C12H21Cl2N3O. The maximum atomic E-state index is 11.7. The molecule has 0 aromatic carbocycles. The Kier molecular flexibility index (Phi) is 9.90. The zero-order valence-corrected chi connectivity index (χ0v) is 12.4. The highest BCUT2D eigenvalue weighted by atomic mass is 35.5. The lowest BCUT2D eigenvalue weighted by Gasteiger charge is -2.19. The first-order valence-corrected chi connectivity index (χ1v) is 5.48. The van der Waals surface area contributed by atoms with Gasteiger partial charge in [0.2, 0.25) is 5.91 Å². The number of nitrogens with zero attached hydrogens (tertiary/aromatic N) is 1. The van der Waals surface area contributed by atoms with Crippen molar-refractivity contribution in [1.82, 2.24) is 10.3 Å². The van der Waals surface area contributed by atoms with Crippen LogP contribution in [0.5, 0.6) is 0 Å². The highest BCUT2D eigenvalue weighted by Crippen LogP contribution is 2.10. The van der Waals surface area contributed by atoms with E-state index in [1.165, 1.54) is 0 Å². The quantitative estimate of drug-likeness (QED) is 0.893. The van der Waals surface area contributed by atoms with Crippen LogP contribution in [0.1, 0.15) is 32.4 Å². The maximum absolute atomic E-state index is 11.7. The third-order valence-electron chi connectivity index (χ3n) is 2.56. The van der Waals surface area contributed by atoms with Crippen molar-refractivity contribution in [3.63, 3.8) is 0 Å². The van der Waals surface area contributed by atoms with Gasteiger partial charge in [-0.3, -0.25) is 9.78 Å². The van der Waals surface area contributed by atoms with Gasteiger partial charge in [-0.1, -0.05) is 19.9 Å². The topological polar surface area (TPSA) is 68.0 Å². The molecule has 2 atom stereocenters. The summed E-state index contributed by atoms with van der Waals surface area (Å²) in [5.41, 5.74) is 6.74. The minimum atomic E-state index is -0.459. The van der Waals surface area contributed by atoms with Gasteiger partial charge in [0.05, 0.1) is 12.1 Å². The van der Waals surface area contributed by atoms with Crippen LogP contribution in [0.4, 0.5) is 0 Å². The average molecular weight is 294 g/mol. The molecule has 1 aromatic rings. The molecule has 1 heterocycles. The molecule has 1 amide bonds. The van der Waals surface area contributed by atoms with Gasteiger partial charge < -0.3 is 11.1 Å². The van der Waals surface area contributed by atoms with Gasteiger partial charge in [0, 0.05) is 12.4 Å². The fourth-order valence-corrected chi connectivity index (χ4v) is 1.33. The fourth-order valence-electron chi connectivity index (χ4n) is 1.33. The second kappa shape index (κ2) is 9.14.